The summed E-state index contributed by atoms with van der Waals surface area (Å²) in [5.74, 6) is 1.54. The molecule has 0 saturated carbocycles. The molecule has 1 aromatic rings. The van der Waals surface area contributed by atoms with Gasteiger partial charge in [0.25, 0.3) is 0 Å². The van der Waals surface area contributed by atoms with E-state index in [1.165, 1.54) is 6.07 Å². The van der Waals surface area contributed by atoms with E-state index in [0.717, 1.165) is 19.5 Å². The van der Waals surface area contributed by atoms with Gasteiger partial charge in [0, 0.05) is 18.5 Å². The third-order valence-corrected chi connectivity index (χ3v) is 3.46. The molecule has 7 heteroatoms. The van der Waals surface area contributed by atoms with Crippen LogP contribution in [0.25, 0.3) is 0 Å². The Morgan fingerprint density at radius 1 is 1.35 bits per heavy atom. The summed E-state index contributed by atoms with van der Waals surface area (Å²) >= 11 is 0. The Hall–Kier alpha value is -2.02. The maximum absolute atomic E-state index is 11.1. The Morgan fingerprint density at radius 2 is 2.10 bits per heavy atom. The minimum atomic E-state index is -0.458. The molecule has 0 radical (unpaired) electrons. The van der Waals surface area contributed by atoms with Gasteiger partial charge in [0.2, 0.25) is 5.75 Å². The smallest absolute Gasteiger partial charge is 0.314 e. The topological polar surface area (TPSA) is 82.9 Å². The van der Waals surface area contributed by atoms with Gasteiger partial charge < -0.3 is 19.5 Å². The maximum Gasteiger partial charge on any atom is 0.314 e. The van der Waals surface area contributed by atoms with Gasteiger partial charge >= 0.3 is 5.69 Å². The summed E-state index contributed by atoms with van der Waals surface area (Å²) < 4.78 is 16.4. The average molecular weight is 280 g/mol. The number of hydrogen-bond donors (Lipinski definition) is 1. The second kappa shape index (κ2) is 5.54. The molecule has 0 spiro atoms. The van der Waals surface area contributed by atoms with Crippen molar-refractivity contribution in [2.24, 2.45) is 5.92 Å². The highest BCUT2D eigenvalue weighted by molar-refractivity contribution is 5.58. The number of nitrogens with one attached hydrogen (secondary N) is 1. The van der Waals surface area contributed by atoms with Crippen LogP contribution < -0.4 is 19.5 Å². The third kappa shape index (κ3) is 2.62. The van der Waals surface area contributed by atoms with Gasteiger partial charge in [-0.15, -0.1) is 0 Å². The van der Waals surface area contributed by atoms with E-state index >= 15 is 0 Å². The van der Waals surface area contributed by atoms with E-state index in [0.29, 0.717) is 37.2 Å². The van der Waals surface area contributed by atoms with E-state index in [9.17, 15) is 10.1 Å². The first kappa shape index (κ1) is 13.0. The quantitative estimate of drug-likeness (QED) is 0.662. The van der Waals surface area contributed by atoms with Crippen LogP contribution >= 0.6 is 0 Å². The van der Waals surface area contributed by atoms with Crippen molar-refractivity contribution in [3.8, 4) is 17.2 Å². The zero-order chi connectivity index (χ0) is 13.9. The van der Waals surface area contributed by atoms with Crippen LogP contribution in [-0.2, 0) is 0 Å². The number of fused-ring (bicyclic) bond motifs is 1. The van der Waals surface area contributed by atoms with Crippen LogP contribution in [0, 0.1) is 16.0 Å². The molecule has 3 rings (SSSR count). The van der Waals surface area contributed by atoms with Gasteiger partial charge in [-0.05, 0) is 13.0 Å². The fourth-order valence-corrected chi connectivity index (χ4v) is 2.38. The molecule has 2 heterocycles. The monoisotopic (exact) mass is 280 g/mol. The molecular weight excluding hydrogens is 264 g/mol. The van der Waals surface area contributed by atoms with E-state index < -0.39 is 4.92 Å². The summed E-state index contributed by atoms with van der Waals surface area (Å²) in [5, 5.41) is 14.4. The summed E-state index contributed by atoms with van der Waals surface area (Å²) in [6.45, 7) is 3.16. The van der Waals surface area contributed by atoms with Crippen LogP contribution in [0.1, 0.15) is 6.42 Å². The van der Waals surface area contributed by atoms with Crippen molar-refractivity contribution < 1.29 is 19.1 Å². The number of hydrogen-bond acceptors (Lipinski definition) is 6. The van der Waals surface area contributed by atoms with Crippen molar-refractivity contribution >= 4 is 5.69 Å². The zero-order valence-corrected chi connectivity index (χ0v) is 11.0. The lowest BCUT2D eigenvalue weighted by molar-refractivity contribution is -0.386. The second-order valence-electron chi connectivity index (χ2n) is 4.89. The normalized spacial score (nSPS) is 20.7. The zero-order valence-electron chi connectivity index (χ0n) is 11.0. The lowest BCUT2D eigenvalue weighted by atomic mass is 10.1. The largest absolute Gasteiger partial charge is 0.486 e. The Labute approximate surface area is 116 Å². The van der Waals surface area contributed by atoms with E-state index in [4.69, 9.17) is 14.2 Å². The van der Waals surface area contributed by atoms with Gasteiger partial charge in [-0.1, -0.05) is 0 Å². The summed E-state index contributed by atoms with van der Waals surface area (Å²) in [7, 11) is 0. The highest BCUT2D eigenvalue weighted by atomic mass is 16.6. The van der Waals surface area contributed by atoms with Crippen molar-refractivity contribution in [2.75, 3.05) is 32.9 Å². The SMILES string of the molecule is O=[N+]([O-])c1cc2c(cc1OCC1CCNC1)OCCO2. The van der Waals surface area contributed by atoms with Crippen molar-refractivity contribution in [3.05, 3.63) is 22.2 Å². The molecule has 20 heavy (non-hydrogen) atoms. The first-order valence-electron chi connectivity index (χ1n) is 6.65. The fourth-order valence-electron chi connectivity index (χ4n) is 2.38. The first-order chi connectivity index (χ1) is 9.74. The number of benzene rings is 1. The second-order valence-corrected chi connectivity index (χ2v) is 4.89. The van der Waals surface area contributed by atoms with Crippen LogP contribution in [0.5, 0.6) is 17.2 Å². The Bertz CT molecular complexity index is 514. The van der Waals surface area contributed by atoms with Gasteiger partial charge in [-0.25, -0.2) is 0 Å². The number of rotatable bonds is 4. The molecule has 2 aliphatic heterocycles. The predicted molar refractivity (Wildman–Crippen MR) is 70.6 cm³/mol. The molecule has 0 aromatic heterocycles. The molecule has 1 unspecified atom stereocenters. The van der Waals surface area contributed by atoms with Gasteiger partial charge in [0.15, 0.2) is 11.5 Å². The Morgan fingerprint density at radius 3 is 2.75 bits per heavy atom. The van der Waals surface area contributed by atoms with Crippen molar-refractivity contribution in [2.45, 2.75) is 6.42 Å². The average Bonchev–Trinajstić information content (AvgIpc) is 2.97. The Kier molecular flexibility index (Phi) is 3.60. The molecule has 1 fully saturated rings. The summed E-state index contributed by atoms with van der Waals surface area (Å²) in [6.07, 6.45) is 1.03. The standard InChI is InChI=1S/C13H16N2O5/c16-15(17)10-5-12-13(19-4-3-18-12)6-11(10)20-8-9-1-2-14-7-9/h5-6,9,14H,1-4,7-8H2. The van der Waals surface area contributed by atoms with Gasteiger partial charge in [-0.2, -0.15) is 0 Å². The summed E-state index contributed by atoms with van der Waals surface area (Å²) in [5.41, 5.74) is -0.0831. The number of ether oxygens (including phenoxy) is 3. The molecule has 1 aromatic carbocycles. The molecule has 0 bridgehead atoms. The molecule has 2 aliphatic rings. The van der Waals surface area contributed by atoms with E-state index in [1.54, 1.807) is 6.07 Å². The molecule has 0 amide bonds. The summed E-state index contributed by atoms with van der Waals surface area (Å²) in [4.78, 5) is 10.7. The van der Waals surface area contributed by atoms with Crippen molar-refractivity contribution in [3.63, 3.8) is 0 Å². The van der Waals surface area contributed by atoms with Crippen LogP contribution in [0.2, 0.25) is 0 Å². The lowest BCUT2D eigenvalue weighted by Crippen LogP contribution is -2.17. The minimum Gasteiger partial charge on any atom is -0.486 e. The maximum atomic E-state index is 11.1. The number of nitro benzene ring substituents is 1. The molecule has 1 N–H and O–H groups in total. The summed E-state index contributed by atoms with van der Waals surface area (Å²) in [6, 6.07) is 2.92. The number of nitro groups is 1. The predicted octanol–water partition coefficient (Wildman–Crippen LogP) is 1.35. The number of nitrogens with zero attached hydrogens (tertiary/aromatic N) is 1. The molecular formula is C13H16N2O5. The Balaban J connectivity index is 1.81. The van der Waals surface area contributed by atoms with Crippen molar-refractivity contribution in [1.82, 2.24) is 5.32 Å². The lowest BCUT2D eigenvalue weighted by Gasteiger charge is -2.19. The van der Waals surface area contributed by atoms with E-state index in [-0.39, 0.29) is 11.4 Å². The van der Waals surface area contributed by atoms with Crippen molar-refractivity contribution in [1.29, 1.82) is 0 Å². The van der Waals surface area contributed by atoms with Crippen LogP contribution in [0.4, 0.5) is 5.69 Å². The highest BCUT2D eigenvalue weighted by Crippen LogP contribution is 2.40. The van der Waals surface area contributed by atoms with E-state index in [1.807, 2.05) is 0 Å². The van der Waals surface area contributed by atoms with Crippen LogP contribution in [-0.4, -0.2) is 37.8 Å². The van der Waals surface area contributed by atoms with Crippen LogP contribution in [0.15, 0.2) is 12.1 Å². The fraction of sp³-hybridized carbons (Fsp3) is 0.538. The van der Waals surface area contributed by atoms with Gasteiger partial charge in [-0.3, -0.25) is 10.1 Å². The van der Waals surface area contributed by atoms with E-state index in [2.05, 4.69) is 5.32 Å². The third-order valence-electron chi connectivity index (χ3n) is 3.46. The van der Waals surface area contributed by atoms with Gasteiger partial charge in [0.1, 0.15) is 13.2 Å². The first-order valence-corrected chi connectivity index (χ1v) is 6.65. The highest BCUT2D eigenvalue weighted by Gasteiger charge is 2.24. The van der Waals surface area contributed by atoms with Crippen LogP contribution in [0.3, 0.4) is 0 Å². The van der Waals surface area contributed by atoms with Gasteiger partial charge in [0.05, 0.1) is 17.6 Å². The molecule has 108 valence electrons. The molecule has 1 saturated heterocycles. The minimum absolute atomic E-state index is 0.0831. The molecule has 0 aliphatic carbocycles. The molecule has 1 atom stereocenters. The molecule has 7 nitrogen and oxygen atoms in total.